The van der Waals surface area contributed by atoms with E-state index in [0.29, 0.717) is 0 Å². The van der Waals surface area contributed by atoms with Crippen molar-refractivity contribution in [1.82, 2.24) is 0 Å². The molecule has 0 fully saturated rings. The van der Waals surface area contributed by atoms with Crippen LogP contribution in [0.5, 0.6) is 0 Å². The van der Waals surface area contributed by atoms with E-state index in [0.717, 1.165) is 0 Å². The molecule has 0 aromatic rings. The summed E-state index contributed by atoms with van der Waals surface area (Å²) in [5.41, 5.74) is 0. The van der Waals surface area contributed by atoms with Gasteiger partial charge in [-0.2, -0.15) is 39.5 Å². The molecule has 0 saturated carbocycles. The molecule has 0 atom stereocenters. The Hall–Kier alpha value is -0.123. The molecule has 0 saturated heterocycles. The van der Waals surface area contributed by atoms with Crippen LogP contribution in [0.3, 0.4) is 0 Å². The first kappa shape index (κ1) is 24.1. The molecule has 0 aliphatic heterocycles. The van der Waals surface area contributed by atoms with Gasteiger partial charge >= 0.3 is 42.8 Å². The monoisotopic (exact) mass is 362 g/mol. The molecule has 0 heterocycles. The van der Waals surface area contributed by atoms with Crippen LogP contribution in [0.25, 0.3) is 0 Å². The van der Waals surface area contributed by atoms with E-state index in [1.165, 1.54) is 0 Å². The summed E-state index contributed by atoms with van der Waals surface area (Å²) in [5, 5.41) is 0. The summed E-state index contributed by atoms with van der Waals surface area (Å²) in [5.74, 6) is -20.6. The van der Waals surface area contributed by atoms with Crippen LogP contribution in [0.4, 0.5) is 39.5 Å². The fourth-order valence-electron chi connectivity index (χ4n) is 1.19. The molecule has 0 unspecified atom stereocenters. The average Bonchev–Trinajstić information content (AvgIpc) is 2.21. The van der Waals surface area contributed by atoms with Crippen molar-refractivity contribution < 1.29 is 71.3 Å². The number of hydrogen-bond donors (Lipinski definition) is 0. The van der Waals surface area contributed by atoms with Crippen molar-refractivity contribution in [2.45, 2.75) is 43.2 Å². The number of hydrogen-bond acceptors (Lipinski definition) is 3. The first-order valence-electron chi connectivity index (χ1n) is 5.09. The Balaban J connectivity index is 0. The van der Waals surface area contributed by atoms with Crippen molar-refractivity contribution in [3.05, 3.63) is 0 Å². The van der Waals surface area contributed by atoms with Crippen LogP contribution in [0.1, 0.15) is 19.3 Å². The molecule has 0 spiro atoms. The maximum Gasteiger partial charge on any atom is 1.00 e. The van der Waals surface area contributed by atoms with Gasteiger partial charge in [0.1, 0.15) is 0 Å². The van der Waals surface area contributed by atoms with Gasteiger partial charge in [0.25, 0.3) is 0 Å². The summed E-state index contributed by atoms with van der Waals surface area (Å²) in [6.07, 6.45) is -11.1. The van der Waals surface area contributed by atoms with Crippen molar-refractivity contribution in [1.29, 1.82) is 0 Å². The Bertz CT molecular complexity index is 460. The predicted molar refractivity (Wildman–Crippen MR) is 49.3 cm³/mol. The van der Waals surface area contributed by atoms with Crippen molar-refractivity contribution in [3.8, 4) is 0 Å². The zero-order valence-corrected chi connectivity index (χ0v) is 11.7. The molecule has 0 bridgehead atoms. The minimum absolute atomic E-state index is 0. The van der Waals surface area contributed by atoms with Crippen LogP contribution in [0.15, 0.2) is 0 Å². The molecule has 0 N–H and O–H groups in total. The smallest absolute Gasteiger partial charge is 0.748 e. The van der Waals surface area contributed by atoms with Gasteiger partial charge in [-0.05, 0) is 12.8 Å². The Labute approximate surface area is 131 Å². The van der Waals surface area contributed by atoms with Crippen LogP contribution in [0, 0.1) is 0 Å². The standard InChI is InChI=1S/C8H9F9O3S.Li/c9-5(10,3-1-2-4-21(18,19)20)6(11,12)7(13,14)8(15,16)17;/h1-4H2,(H,18,19,20);/q;+1/p-1. The Morgan fingerprint density at radius 2 is 1.18 bits per heavy atom. The fraction of sp³-hybridized carbons (Fsp3) is 1.00. The second-order valence-corrected chi connectivity index (χ2v) is 5.59. The van der Waals surface area contributed by atoms with Gasteiger partial charge in [0.15, 0.2) is 0 Å². The molecule has 0 aromatic heterocycles. The first-order valence-corrected chi connectivity index (χ1v) is 6.67. The van der Waals surface area contributed by atoms with E-state index in [-0.39, 0.29) is 18.9 Å². The van der Waals surface area contributed by atoms with Gasteiger partial charge in [-0.3, -0.25) is 0 Å². The van der Waals surface area contributed by atoms with E-state index in [1.54, 1.807) is 0 Å². The van der Waals surface area contributed by atoms with Gasteiger partial charge < -0.3 is 4.55 Å². The van der Waals surface area contributed by atoms with Gasteiger partial charge in [-0.25, -0.2) is 8.42 Å². The summed E-state index contributed by atoms with van der Waals surface area (Å²) < 4.78 is 141. The molecule has 0 aliphatic rings. The molecule has 3 nitrogen and oxygen atoms in total. The Morgan fingerprint density at radius 3 is 1.50 bits per heavy atom. The molecular weight excluding hydrogens is 354 g/mol. The molecule has 128 valence electrons. The van der Waals surface area contributed by atoms with Crippen molar-refractivity contribution in [2.75, 3.05) is 5.75 Å². The largest absolute Gasteiger partial charge is 1.00 e. The zero-order valence-electron chi connectivity index (χ0n) is 10.9. The van der Waals surface area contributed by atoms with E-state index in [4.69, 9.17) is 0 Å². The van der Waals surface area contributed by atoms with Crippen molar-refractivity contribution in [3.63, 3.8) is 0 Å². The maximum absolute atomic E-state index is 12.9. The van der Waals surface area contributed by atoms with E-state index in [2.05, 4.69) is 0 Å². The molecule has 22 heavy (non-hydrogen) atoms. The van der Waals surface area contributed by atoms with Gasteiger partial charge in [0.05, 0.1) is 10.1 Å². The summed E-state index contributed by atoms with van der Waals surface area (Å²) in [6.45, 7) is 0. The quantitative estimate of drug-likeness (QED) is 0.281. The Morgan fingerprint density at radius 1 is 0.773 bits per heavy atom. The Kier molecular flexibility index (Phi) is 7.88. The third-order valence-corrected chi connectivity index (χ3v) is 3.13. The van der Waals surface area contributed by atoms with Gasteiger partial charge in [0, 0.05) is 12.2 Å². The third kappa shape index (κ3) is 5.50. The third-order valence-electron chi connectivity index (χ3n) is 2.34. The van der Waals surface area contributed by atoms with E-state index < -0.39 is 59.1 Å². The molecule has 0 amide bonds. The minimum Gasteiger partial charge on any atom is -0.748 e. The van der Waals surface area contributed by atoms with Gasteiger partial charge in [-0.15, -0.1) is 0 Å². The minimum atomic E-state index is -6.96. The molecule has 0 rings (SSSR count). The topological polar surface area (TPSA) is 57.2 Å². The summed E-state index contributed by atoms with van der Waals surface area (Å²) in [4.78, 5) is 0. The molecule has 0 aliphatic carbocycles. The average molecular weight is 362 g/mol. The van der Waals surface area contributed by atoms with E-state index in [9.17, 15) is 52.5 Å². The first-order chi connectivity index (χ1) is 8.96. The van der Waals surface area contributed by atoms with Crippen LogP contribution < -0.4 is 18.9 Å². The predicted octanol–water partition coefficient (Wildman–Crippen LogP) is 0.174. The van der Waals surface area contributed by atoms with Gasteiger partial charge in [-0.1, -0.05) is 0 Å². The second kappa shape index (κ2) is 7.19. The summed E-state index contributed by atoms with van der Waals surface area (Å²) in [6, 6.07) is 0. The van der Waals surface area contributed by atoms with Crippen LogP contribution in [0.2, 0.25) is 0 Å². The SMILES string of the molecule is O=S(=O)([O-])CCCCC(F)(F)C(F)(F)C(F)(F)C(F)(F)F.[Li+]. The zero-order chi connectivity index (χ0) is 17.3. The van der Waals surface area contributed by atoms with Crippen LogP contribution in [-0.4, -0.2) is 42.7 Å². The normalized spacial score (nSPS) is 14.6. The number of halogens is 9. The van der Waals surface area contributed by atoms with E-state index in [1.807, 2.05) is 0 Å². The second-order valence-electron chi connectivity index (χ2n) is 4.07. The fourth-order valence-corrected chi connectivity index (χ4v) is 1.75. The van der Waals surface area contributed by atoms with Crippen LogP contribution >= 0.6 is 0 Å². The van der Waals surface area contributed by atoms with Crippen LogP contribution in [-0.2, 0) is 10.1 Å². The van der Waals surface area contributed by atoms with Gasteiger partial charge in [0.2, 0.25) is 0 Å². The molecular formula is C8H8F9LiO3S. The number of rotatable bonds is 7. The maximum atomic E-state index is 12.9. The summed E-state index contributed by atoms with van der Waals surface area (Å²) in [7, 11) is -4.84. The number of alkyl halides is 9. The molecule has 0 aromatic carbocycles. The summed E-state index contributed by atoms with van der Waals surface area (Å²) >= 11 is 0. The number of unbranched alkanes of at least 4 members (excludes halogenated alkanes) is 1. The molecule has 0 radical (unpaired) electrons. The van der Waals surface area contributed by atoms with Crippen molar-refractivity contribution in [2.24, 2.45) is 0 Å². The van der Waals surface area contributed by atoms with Crippen molar-refractivity contribution >= 4 is 10.1 Å². The van der Waals surface area contributed by atoms with E-state index >= 15 is 0 Å². The molecule has 14 heteroatoms.